The van der Waals surface area contributed by atoms with Crippen LogP contribution in [-0.4, -0.2) is 41.1 Å². The summed E-state index contributed by atoms with van der Waals surface area (Å²) < 4.78 is 30.2. The standard InChI is InChI=1S/C31H28N4O6S2/c1-2-27-33-35(31(42-27)32-29(37)24-12-8-13-25(24)30(38)39)19-20-15-17-21(18-16-20)23-11-6-7-14-26(23)43(40,41)34-28(36)22-9-4-3-5-10-22/h3-7,9-11,14-18H,2,8,12-13,19H2,1H3,(H,34,36)(H,38,39). The first-order valence-corrected chi connectivity index (χ1v) is 15.9. The largest absolute Gasteiger partial charge is 0.478 e. The van der Waals surface area contributed by atoms with Crippen LogP contribution in [0.4, 0.5) is 0 Å². The maximum atomic E-state index is 13.2. The molecule has 0 fully saturated rings. The molecular weight excluding hydrogens is 588 g/mol. The summed E-state index contributed by atoms with van der Waals surface area (Å²) in [5.74, 6) is -2.36. The maximum Gasteiger partial charge on any atom is 0.332 e. The highest BCUT2D eigenvalue weighted by Gasteiger charge is 2.26. The number of aromatic nitrogens is 2. The Bertz CT molecular complexity index is 1910. The van der Waals surface area contributed by atoms with Crippen molar-refractivity contribution in [2.45, 2.75) is 44.0 Å². The fourth-order valence-electron chi connectivity index (χ4n) is 4.78. The molecule has 0 radical (unpaired) electrons. The van der Waals surface area contributed by atoms with Gasteiger partial charge in [0.05, 0.1) is 11.4 Å². The summed E-state index contributed by atoms with van der Waals surface area (Å²) in [5, 5.41) is 14.8. The number of carboxylic acids is 1. The van der Waals surface area contributed by atoms with Crippen LogP contribution in [0.15, 0.2) is 99.9 Å². The summed E-state index contributed by atoms with van der Waals surface area (Å²) in [5.41, 5.74) is 2.48. The van der Waals surface area contributed by atoms with E-state index in [9.17, 15) is 27.9 Å². The summed E-state index contributed by atoms with van der Waals surface area (Å²) in [6.45, 7) is 2.24. The number of rotatable bonds is 9. The van der Waals surface area contributed by atoms with Crippen molar-refractivity contribution < 1.29 is 27.9 Å². The minimum Gasteiger partial charge on any atom is -0.478 e. The van der Waals surface area contributed by atoms with Gasteiger partial charge in [-0.15, -0.1) is 0 Å². The van der Waals surface area contributed by atoms with Gasteiger partial charge in [-0.1, -0.05) is 78.9 Å². The third kappa shape index (κ3) is 6.71. The van der Waals surface area contributed by atoms with Crippen LogP contribution in [0.3, 0.4) is 0 Å². The van der Waals surface area contributed by atoms with Crippen molar-refractivity contribution in [2.24, 2.45) is 4.99 Å². The van der Waals surface area contributed by atoms with Crippen LogP contribution in [0.25, 0.3) is 11.1 Å². The van der Waals surface area contributed by atoms with Crippen LogP contribution < -0.4 is 9.52 Å². The Morgan fingerprint density at radius 1 is 0.953 bits per heavy atom. The number of aryl methyl sites for hydroxylation is 1. The molecule has 43 heavy (non-hydrogen) atoms. The Hall–Kier alpha value is -4.68. The van der Waals surface area contributed by atoms with Crippen molar-refractivity contribution in [3.63, 3.8) is 0 Å². The van der Waals surface area contributed by atoms with E-state index in [-0.39, 0.29) is 21.6 Å². The average Bonchev–Trinajstić information content (AvgIpc) is 3.65. The van der Waals surface area contributed by atoms with E-state index in [1.165, 1.54) is 29.5 Å². The number of carbonyl (C=O) groups is 3. The molecule has 220 valence electrons. The fourth-order valence-corrected chi connectivity index (χ4v) is 6.82. The van der Waals surface area contributed by atoms with Crippen molar-refractivity contribution >= 4 is 39.1 Å². The van der Waals surface area contributed by atoms with E-state index in [1.54, 1.807) is 53.2 Å². The van der Waals surface area contributed by atoms with Crippen molar-refractivity contribution in [1.29, 1.82) is 0 Å². The highest BCUT2D eigenvalue weighted by atomic mass is 32.2. The number of carbonyl (C=O) groups excluding carboxylic acids is 2. The predicted octanol–water partition coefficient (Wildman–Crippen LogP) is 4.33. The van der Waals surface area contributed by atoms with E-state index in [1.807, 2.05) is 19.1 Å². The smallest absolute Gasteiger partial charge is 0.332 e. The Balaban J connectivity index is 1.40. The Morgan fingerprint density at radius 2 is 1.63 bits per heavy atom. The zero-order chi connectivity index (χ0) is 30.6. The molecule has 0 saturated heterocycles. The number of nitrogens with zero attached hydrogens (tertiary/aromatic N) is 3. The summed E-state index contributed by atoms with van der Waals surface area (Å²) in [7, 11) is -4.18. The van der Waals surface area contributed by atoms with Crippen LogP contribution >= 0.6 is 11.3 Å². The maximum absolute atomic E-state index is 13.2. The molecule has 3 aromatic carbocycles. The van der Waals surface area contributed by atoms with Crippen LogP contribution in [0, 0.1) is 0 Å². The molecule has 1 aliphatic rings. The monoisotopic (exact) mass is 616 g/mol. The second-order valence-electron chi connectivity index (χ2n) is 9.82. The number of hydrogen-bond donors (Lipinski definition) is 2. The van der Waals surface area contributed by atoms with E-state index in [2.05, 4.69) is 14.8 Å². The molecular formula is C31H28N4O6S2. The van der Waals surface area contributed by atoms with Crippen molar-refractivity contribution in [1.82, 2.24) is 14.5 Å². The molecule has 2 amide bonds. The van der Waals surface area contributed by atoms with Crippen LogP contribution in [0.5, 0.6) is 0 Å². The third-order valence-corrected chi connectivity index (χ3v) is 9.41. The van der Waals surface area contributed by atoms with E-state index in [0.717, 1.165) is 10.6 Å². The van der Waals surface area contributed by atoms with E-state index in [0.29, 0.717) is 48.2 Å². The molecule has 0 bridgehead atoms. The SMILES string of the molecule is CCc1nn(Cc2ccc(-c3ccccc3S(=O)(=O)NC(=O)c3ccccc3)cc2)c(=NC(=O)C2=C(C(=O)O)CCC2)s1. The van der Waals surface area contributed by atoms with Crippen molar-refractivity contribution in [3.05, 3.63) is 111 Å². The van der Waals surface area contributed by atoms with Gasteiger partial charge in [0.15, 0.2) is 0 Å². The lowest BCUT2D eigenvalue weighted by Crippen LogP contribution is -2.30. The first-order valence-electron chi connectivity index (χ1n) is 13.6. The number of hydrogen-bond acceptors (Lipinski definition) is 7. The lowest BCUT2D eigenvalue weighted by Gasteiger charge is -2.12. The van der Waals surface area contributed by atoms with Crippen LogP contribution in [-0.2, 0) is 32.6 Å². The Labute approximate surface area is 252 Å². The highest BCUT2D eigenvalue weighted by molar-refractivity contribution is 7.90. The van der Waals surface area contributed by atoms with E-state index < -0.39 is 27.8 Å². The van der Waals surface area contributed by atoms with Gasteiger partial charge in [0, 0.05) is 22.3 Å². The summed E-state index contributed by atoms with van der Waals surface area (Å²) in [6.07, 6.45) is 1.99. The first kappa shape index (κ1) is 29.8. The van der Waals surface area contributed by atoms with Gasteiger partial charge in [-0.3, -0.25) is 9.59 Å². The van der Waals surface area contributed by atoms with E-state index in [4.69, 9.17) is 0 Å². The Morgan fingerprint density at radius 3 is 2.33 bits per heavy atom. The molecule has 0 aliphatic heterocycles. The molecule has 0 spiro atoms. The topological polar surface area (TPSA) is 148 Å². The van der Waals surface area contributed by atoms with Gasteiger partial charge in [-0.25, -0.2) is 22.6 Å². The predicted molar refractivity (Wildman–Crippen MR) is 161 cm³/mol. The normalized spacial score (nSPS) is 13.7. The number of sulfonamides is 1. The summed E-state index contributed by atoms with van der Waals surface area (Å²) in [6, 6.07) is 21.8. The quantitative estimate of drug-likeness (QED) is 0.284. The van der Waals surface area contributed by atoms with Gasteiger partial charge < -0.3 is 5.11 Å². The number of carboxylic acid groups (broad SMARTS) is 1. The number of nitrogens with one attached hydrogen (secondary N) is 1. The minimum absolute atomic E-state index is 0.0324. The third-order valence-electron chi connectivity index (χ3n) is 6.93. The van der Waals surface area contributed by atoms with Gasteiger partial charge in [-0.05, 0) is 55.0 Å². The van der Waals surface area contributed by atoms with Gasteiger partial charge >= 0.3 is 5.97 Å². The van der Waals surface area contributed by atoms with Gasteiger partial charge in [0.1, 0.15) is 5.01 Å². The first-order chi connectivity index (χ1) is 20.7. The second-order valence-corrected chi connectivity index (χ2v) is 12.5. The van der Waals surface area contributed by atoms with Crippen LogP contribution in [0.2, 0.25) is 0 Å². The molecule has 0 atom stereocenters. The number of benzene rings is 3. The fraction of sp³-hybridized carbons (Fsp3) is 0.194. The van der Waals surface area contributed by atoms with E-state index >= 15 is 0 Å². The molecule has 0 unspecified atom stereocenters. The zero-order valence-corrected chi connectivity index (χ0v) is 24.8. The lowest BCUT2D eigenvalue weighted by atomic mass is 10.0. The molecule has 12 heteroatoms. The molecule has 1 aromatic heterocycles. The average molecular weight is 617 g/mol. The molecule has 0 saturated carbocycles. The van der Waals surface area contributed by atoms with Gasteiger partial charge in [0.2, 0.25) is 4.80 Å². The highest BCUT2D eigenvalue weighted by Crippen LogP contribution is 2.28. The molecule has 2 N–H and O–H groups in total. The lowest BCUT2D eigenvalue weighted by molar-refractivity contribution is -0.133. The molecule has 4 aromatic rings. The minimum atomic E-state index is -4.18. The Kier molecular flexibility index (Phi) is 8.78. The van der Waals surface area contributed by atoms with Crippen LogP contribution in [0.1, 0.15) is 47.1 Å². The zero-order valence-electron chi connectivity index (χ0n) is 23.2. The summed E-state index contributed by atoms with van der Waals surface area (Å²) >= 11 is 1.28. The number of amides is 2. The molecule has 1 aliphatic carbocycles. The van der Waals surface area contributed by atoms with Crippen molar-refractivity contribution in [3.8, 4) is 11.1 Å². The number of aliphatic carboxylic acids is 1. The second kappa shape index (κ2) is 12.7. The summed E-state index contributed by atoms with van der Waals surface area (Å²) in [4.78, 5) is 41.6. The molecule has 5 rings (SSSR count). The van der Waals surface area contributed by atoms with Crippen molar-refractivity contribution in [2.75, 3.05) is 0 Å². The van der Waals surface area contributed by atoms with Gasteiger partial charge in [-0.2, -0.15) is 10.1 Å². The molecule has 1 heterocycles. The molecule has 10 nitrogen and oxygen atoms in total. The van der Waals surface area contributed by atoms with Gasteiger partial charge in [0.25, 0.3) is 21.8 Å².